The first-order valence-electron chi connectivity index (χ1n) is 12.5. The molecule has 2 heterocycles. The predicted molar refractivity (Wildman–Crippen MR) is 143 cm³/mol. The molecule has 39 heavy (non-hydrogen) atoms. The van der Waals surface area contributed by atoms with Gasteiger partial charge in [0.1, 0.15) is 18.2 Å². The zero-order valence-corrected chi connectivity index (χ0v) is 22.4. The van der Waals surface area contributed by atoms with E-state index in [9.17, 15) is 18.8 Å². The topological polar surface area (TPSA) is 120 Å². The molecule has 4 rings (SSSR count). The minimum absolute atomic E-state index is 0.177. The van der Waals surface area contributed by atoms with E-state index in [1.807, 2.05) is 32.0 Å². The molecule has 9 nitrogen and oxygen atoms in total. The highest BCUT2D eigenvalue weighted by molar-refractivity contribution is 5.98. The van der Waals surface area contributed by atoms with E-state index in [4.69, 9.17) is 4.42 Å². The number of rotatable bonds is 9. The van der Waals surface area contributed by atoms with Gasteiger partial charge < -0.3 is 9.73 Å². The summed E-state index contributed by atoms with van der Waals surface area (Å²) in [5, 5.41) is 10.7. The third kappa shape index (κ3) is 6.00. The molecule has 0 fully saturated rings. The number of Topliss-reactive ketones (excluding diaryl/α,β-unsaturated/α-hetero) is 1. The molecule has 0 radical (unpaired) electrons. The lowest BCUT2D eigenvalue weighted by atomic mass is 9.84. The number of aryl methyl sites for hydroxylation is 1. The molecule has 1 unspecified atom stereocenters. The molecule has 1 N–H and O–H groups in total. The highest BCUT2D eigenvalue weighted by Crippen LogP contribution is 2.31. The fraction of sp³-hybridized carbons (Fsp3) is 0.310. The maximum absolute atomic E-state index is 13.4. The summed E-state index contributed by atoms with van der Waals surface area (Å²) < 4.78 is 20.4. The third-order valence-electron chi connectivity index (χ3n) is 6.47. The van der Waals surface area contributed by atoms with Crippen molar-refractivity contribution in [2.24, 2.45) is 5.92 Å². The lowest BCUT2D eigenvalue weighted by Gasteiger charge is -2.21. The first-order chi connectivity index (χ1) is 18.5. The normalized spacial score (nSPS) is 12.4. The maximum atomic E-state index is 13.4. The van der Waals surface area contributed by atoms with Gasteiger partial charge in [0.25, 0.3) is 11.4 Å². The van der Waals surface area contributed by atoms with Crippen molar-refractivity contribution in [2.75, 3.05) is 0 Å². The number of hydrogen-bond donors (Lipinski definition) is 1. The Morgan fingerprint density at radius 1 is 1.05 bits per heavy atom. The average molecular weight is 532 g/mol. The van der Waals surface area contributed by atoms with Crippen molar-refractivity contribution in [1.29, 1.82) is 0 Å². The lowest BCUT2D eigenvalue weighted by Crippen LogP contribution is -2.46. The highest BCUT2D eigenvalue weighted by atomic mass is 19.1. The molecule has 202 valence electrons. The second kappa shape index (κ2) is 11.1. The van der Waals surface area contributed by atoms with Crippen molar-refractivity contribution in [3.63, 3.8) is 0 Å². The number of amides is 1. The molecule has 1 amide bonds. The van der Waals surface area contributed by atoms with Crippen molar-refractivity contribution in [1.82, 2.24) is 25.1 Å². The first kappa shape index (κ1) is 27.6. The molecule has 0 spiro atoms. The maximum Gasteiger partial charge on any atom is 0.286 e. The average Bonchev–Trinajstić information content (AvgIpc) is 3.40. The van der Waals surface area contributed by atoms with Gasteiger partial charge >= 0.3 is 0 Å². The second-order valence-corrected chi connectivity index (χ2v) is 10.2. The molecule has 0 saturated heterocycles. The molecule has 2 aromatic heterocycles. The van der Waals surface area contributed by atoms with Crippen molar-refractivity contribution in [3.05, 3.63) is 99.9 Å². The lowest BCUT2D eigenvalue weighted by molar-refractivity contribution is -0.122. The smallest absolute Gasteiger partial charge is 0.286 e. The predicted octanol–water partition coefficient (Wildman–Crippen LogP) is 4.09. The number of carbonyl (C=O) groups excluding carboxylic acids is 2. The van der Waals surface area contributed by atoms with Crippen LogP contribution in [0.1, 0.15) is 55.5 Å². The third-order valence-corrected chi connectivity index (χ3v) is 6.47. The summed E-state index contributed by atoms with van der Waals surface area (Å²) in [7, 11) is 0. The largest absolute Gasteiger partial charge is 0.417 e. The Bertz CT molecular complexity index is 1540. The SMILES string of the molecule is Cc1cc(=O)n(CC(=O)NC(C(=O)c2nnc(C(C)(C)c3ccc(F)cc3)o2)C(C)C)c(-c2ccccc2)n1. The standard InChI is InChI=1S/C29H30FN5O4/c1-17(2)24(25(38)27-33-34-28(39-27)29(4,5)20-11-13-21(30)14-12-20)32-22(36)16-35-23(37)15-18(3)31-26(35)19-9-7-6-8-10-19/h6-15,17,24H,16H2,1-5H3,(H,32,36). The molecule has 0 bridgehead atoms. The van der Waals surface area contributed by atoms with Crippen molar-refractivity contribution >= 4 is 11.7 Å². The zero-order chi connectivity index (χ0) is 28.3. The van der Waals surface area contributed by atoms with Gasteiger partial charge in [-0.2, -0.15) is 0 Å². The van der Waals surface area contributed by atoms with Gasteiger partial charge in [-0.15, -0.1) is 10.2 Å². The van der Waals surface area contributed by atoms with Gasteiger partial charge in [-0.1, -0.05) is 56.3 Å². The molecule has 2 aromatic carbocycles. The summed E-state index contributed by atoms with van der Waals surface area (Å²) in [5.74, 6) is -1.50. The Hall–Kier alpha value is -4.47. The van der Waals surface area contributed by atoms with E-state index in [-0.39, 0.29) is 35.6 Å². The van der Waals surface area contributed by atoms with E-state index in [1.54, 1.807) is 45.0 Å². The Morgan fingerprint density at radius 3 is 2.36 bits per heavy atom. The van der Waals surface area contributed by atoms with Crippen LogP contribution in [0, 0.1) is 18.7 Å². The highest BCUT2D eigenvalue weighted by Gasteiger charge is 2.34. The van der Waals surface area contributed by atoms with E-state index in [0.717, 1.165) is 5.56 Å². The van der Waals surface area contributed by atoms with Crippen LogP contribution in [0.2, 0.25) is 0 Å². The molecular weight excluding hydrogens is 501 g/mol. The Labute approximate surface area is 225 Å². The first-order valence-corrected chi connectivity index (χ1v) is 12.5. The van der Waals surface area contributed by atoms with Gasteiger partial charge in [0.05, 0.1) is 11.5 Å². The van der Waals surface area contributed by atoms with Crippen LogP contribution in [0.5, 0.6) is 0 Å². The van der Waals surface area contributed by atoms with Crippen LogP contribution in [0.3, 0.4) is 0 Å². The van der Waals surface area contributed by atoms with Crippen LogP contribution in [0.25, 0.3) is 11.4 Å². The number of aromatic nitrogens is 4. The fourth-order valence-corrected chi connectivity index (χ4v) is 4.18. The van der Waals surface area contributed by atoms with Crippen LogP contribution in [0.4, 0.5) is 4.39 Å². The van der Waals surface area contributed by atoms with Gasteiger partial charge in [0.15, 0.2) is 0 Å². The molecule has 4 aromatic rings. The van der Waals surface area contributed by atoms with Crippen molar-refractivity contribution in [3.8, 4) is 11.4 Å². The summed E-state index contributed by atoms with van der Waals surface area (Å²) in [4.78, 5) is 43.7. The number of nitrogens with one attached hydrogen (secondary N) is 1. The number of benzene rings is 2. The van der Waals surface area contributed by atoms with Gasteiger partial charge in [0.2, 0.25) is 17.6 Å². The molecule has 1 atom stereocenters. The van der Waals surface area contributed by atoms with Crippen LogP contribution >= 0.6 is 0 Å². The number of carbonyl (C=O) groups is 2. The minimum Gasteiger partial charge on any atom is -0.417 e. The number of ketones is 1. The van der Waals surface area contributed by atoms with E-state index in [0.29, 0.717) is 17.1 Å². The van der Waals surface area contributed by atoms with E-state index in [1.165, 1.54) is 22.8 Å². The quantitative estimate of drug-likeness (QED) is 0.323. The van der Waals surface area contributed by atoms with Crippen LogP contribution in [-0.4, -0.2) is 37.5 Å². The van der Waals surface area contributed by atoms with Crippen molar-refractivity contribution < 1.29 is 18.4 Å². The minimum atomic E-state index is -0.978. The molecule has 10 heteroatoms. The van der Waals surface area contributed by atoms with E-state index in [2.05, 4.69) is 20.5 Å². The zero-order valence-electron chi connectivity index (χ0n) is 22.4. The summed E-state index contributed by atoms with van der Waals surface area (Å²) in [6.45, 7) is 8.57. The van der Waals surface area contributed by atoms with Crippen molar-refractivity contribution in [2.45, 2.75) is 52.6 Å². The van der Waals surface area contributed by atoms with E-state index < -0.39 is 23.1 Å². The number of halogens is 1. The monoisotopic (exact) mass is 531 g/mol. The summed E-state index contributed by atoms with van der Waals surface area (Å²) >= 11 is 0. The van der Waals surface area contributed by atoms with E-state index >= 15 is 0 Å². The van der Waals surface area contributed by atoms with Gasteiger partial charge in [-0.05, 0) is 44.4 Å². The molecule has 0 aliphatic heterocycles. The molecule has 0 aliphatic rings. The Kier molecular flexibility index (Phi) is 7.85. The second-order valence-electron chi connectivity index (χ2n) is 10.2. The van der Waals surface area contributed by atoms with Crippen LogP contribution < -0.4 is 10.9 Å². The molecule has 0 aliphatic carbocycles. The van der Waals surface area contributed by atoms with Gasteiger partial charge in [0, 0.05) is 17.3 Å². The Morgan fingerprint density at radius 2 is 1.72 bits per heavy atom. The summed E-state index contributed by atoms with van der Waals surface area (Å²) in [6, 6.07) is 15.4. The number of hydrogen-bond acceptors (Lipinski definition) is 7. The molecule has 0 saturated carbocycles. The van der Waals surface area contributed by atoms with Crippen LogP contribution in [0.15, 0.2) is 69.9 Å². The fourth-order valence-electron chi connectivity index (χ4n) is 4.18. The number of nitrogens with zero attached hydrogens (tertiary/aromatic N) is 4. The van der Waals surface area contributed by atoms with Crippen LogP contribution in [-0.2, 0) is 16.8 Å². The molecular formula is C29H30FN5O4. The Balaban J connectivity index is 1.55. The van der Waals surface area contributed by atoms with Gasteiger partial charge in [-0.3, -0.25) is 19.0 Å². The summed E-state index contributed by atoms with van der Waals surface area (Å²) in [5.41, 5.74) is 0.773. The van der Waals surface area contributed by atoms with Gasteiger partial charge in [-0.25, -0.2) is 9.37 Å². The summed E-state index contributed by atoms with van der Waals surface area (Å²) in [6.07, 6.45) is 0.